The number of aryl methyl sites for hydroxylation is 2. The van der Waals surface area contributed by atoms with Gasteiger partial charge in [0.2, 0.25) is 0 Å². The number of halogens is 3. The van der Waals surface area contributed by atoms with Gasteiger partial charge in [0, 0.05) is 20.3 Å². The number of benzene rings is 1. The van der Waals surface area contributed by atoms with Crippen LogP contribution in [0.4, 0.5) is 0 Å². The third-order valence-electron chi connectivity index (χ3n) is 5.73. The second-order valence-electron chi connectivity index (χ2n) is 7.78. The van der Waals surface area contributed by atoms with Gasteiger partial charge >= 0.3 is 5.97 Å². The van der Waals surface area contributed by atoms with Crippen molar-refractivity contribution >= 4 is 52.1 Å². The lowest BCUT2D eigenvalue weighted by atomic mass is 9.85. The van der Waals surface area contributed by atoms with Crippen molar-refractivity contribution in [1.29, 1.82) is 0 Å². The van der Waals surface area contributed by atoms with E-state index in [4.69, 9.17) is 39.9 Å². The van der Waals surface area contributed by atoms with Crippen molar-refractivity contribution in [1.82, 2.24) is 0 Å². The average molecular weight is 476 g/mol. The Morgan fingerprint density at radius 2 is 1.69 bits per heavy atom. The van der Waals surface area contributed by atoms with E-state index in [0.29, 0.717) is 21.3 Å². The molecule has 3 rings (SSSR count). The molecule has 1 saturated carbocycles. The van der Waals surface area contributed by atoms with Gasteiger partial charge < -0.3 is 10.2 Å². The lowest BCUT2D eigenvalue weighted by molar-refractivity contribution is 0.0702. The molecule has 2 N–H and O–H groups in total. The molecule has 0 saturated heterocycles. The minimum Gasteiger partial charge on any atom is -0.477 e. The molecule has 1 fully saturated rings. The van der Waals surface area contributed by atoms with Crippen LogP contribution >= 0.6 is 46.1 Å². The summed E-state index contributed by atoms with van der Waals surface area (Å²) < 4.78 is 0. The Balaban J connectivity index is 1.50. The molecule has 3 nitrogen and oxygen atoms in total. The maximum absolute atomic E-state index is 11.0. The van der Waals surface area contributed by atoms with Gasteiger partial charge in [0.15, 0.2) is 0 Å². The van der Waals surface area contributed by atoms with Crippen LogP contribution < -0.4 is 0 Å². The quantitative estimate of drug-likeness (QED) is 0.397. The molecule has 0 radical (unpaired) electrons. The van der Waals surface area contributed by atoms with Crippen LogP contribution in [-0.2, 0) is 12.8 Å². The van der Waals surface area contributed by atoms with Gasteiger partial charge in [-0.1, -0.05) is 23.2 Å². The Hall–Kier alpha value is -0.780. The lowest BCUT2D eigenvalue weighted by Gasteiger charge is -2.23. The average Bonchev–Trinajstić information content (AvgIpc) is 3.20. The van der Waals surface area contributed by atoms with Gasteiger partial charge in [-0.2, -0.15) is 0 Å². The van der Waals surface area contributed by atoms with Crippen molar-refractivity contribution in [2.45, 2.75) is 56.4 Å². The topological polar surface area (TPSA) is 57.5 Å². The number of thiophene rings is 1. The maximum atomic E-state index is 11.0. The number of carbonyl (C=O) groups is 1. The molecule has 1 aliphatic rings. The fraction of sp³-hybridized carbons (Fsp3) is 0.500. The molecule has 4 unspecified atom stereocenters. The molecule has 29 heavy (non-hydrogen) atoms. The first kappa shape index (κ1) is 22.9. The van der Waals surface area contributed by atoms with Crippen LogP contribution in [0.15, 0.2) is 30.3 Å². The summed E-state index contributed by atoms with van der Waals surface area (Å²) in [5.41, 5.74) is 1.11. The molecule has 0 aliphatic heterocycles. The summed E-state index contributed by atoms with van der Waals surface area (Å²) in [5.74, 6) is -0.388. The molecule has 7 heteroatoms. The van der Waals surface area contributed by atoms with Gasteiger partial charge in [-0.05, 0) is 92.7 Å². The number of aromatic carboxylic acids is 1. The molecule has 1 aromatic carbocycles. The van der Waals surface area contributed by atoms with Gasteiger partial charge in [-0.15, -0.1) is 22.9 Å². The second-order valence-corrected chi connectivity index (χ2v) is 10.4. The SMILES string of the molecule is O=C(O)c1ccc(CCCC2C(Cl)CC(O)C2CCCc2cc(Cl)cc(Cl)c2)s1. The number of aliphatic hydroxyl groups is 1. The van der Waals surface area contributed by atoms with Gasteiger partial charge in [0.1, 0.15) is 4.88 Å². The number of hydrogen-bond acceptors (Lipinski definition) is 3. The highest BCUT2D eigenvalue weighted by Gasteiger charge is 2.40. The maximum Gasteiger partial charge on any atom is 0.345 e. The highest BCUT2D eigenvalue weighted by molar-refractivity contribution is 7.13. The number of carboxylic acid groups (broad SMARTS) is 1. The third kappa shape index (κ3) is 6.35. The van der Waals surface area contributed by atoms with Crippen molar-refractivity contribution < 1.29 is 15.0 Å². The minimum absolute atomic E-state index is 0.00599. The van der Waals surface area contributed by atoms with E-state index in [0.717, 1.165) is 49.0 Å². The number of hydrogen-bond donors (Lipinski definition) is 2. The molecule has 1 aromatic heterocycles. The Labute approximate surface area is 190 Å². The zero-order valence-corrected chi connectivity index (χ0v) is 19.1. The fourth-order valence-electron chi connectivity index (χ4n) is 4.37. The predicted octanol–water partition coefficient (Wildman–Crippen LogP) is 6.70. The fourth-order valence-corrected chi connectivity index (χ4v) is 6.33. The molecule has 4 atom stereocenters. The number of aliphatic hydroxyl groups excluding tert-OH is 1. The molecular formula is C22H25Cl3O3S. The molecule has 1 heterocycles. The van der Waals surface area contributed by atoms with Crippen molar-refractivity contribution in [2.75, 3.05) is 0 Å². The van der Waals surface area contributed by atoms with E-state index in [2.05, 4.69) is 0 Å². The van der Waals surface area contributed by atoms with Crippen molar-refractivity contribution in [3.63, 3.8) is 0 Å². The van der Waals surface area contributed by atoms with Crippen LogP contribution in [0.1, 0.15) is 52.2 Å². The summed E-state index contributed by atoms with van der Waals surface area (Å²) in [6, 6.07) is 9.16. The third-order valence-corrected chi connectivity index (χ3v) is 7.81. The second kappa shape index (κ2) is 10.5. The van der Waals surface area contributed by atoms with Gasteiger partial charge in [-0.3, -0.25) is 0 Å². The summed E-state index contributed by atoms with van der Waals surface area (Å²) in [7, 11) is 0. The minimum atomic E-state index is -0.873. The van der Waals surface area contributed by atoms with E-state index < -0.39 is 5.97 Å². The zero-order valence-electron chi connectivity index (χ0n) is 16.0. The standard InChI is InChI=1S/C22H25Cl3O3S/c23-14-9-13(10-15(24)11-14)3-1-6-18-17(19(25)12-20(18)26)5-2-4-16-7-8-21(29-16)22(27)28/h7-11,17-20,26H,1-6,12H2,(H,27,28). The molecule has 158 valence electrons. The summed E-state index contributed by atoms with van der Waals surface area (Å²) in [5, 5.41) is 20.8. The molecule has 0 bridgehead atoms. The number of carboxylic acids is 1. The smallest absolute Gasteiger partial charge is 0.345 e. The molecule has 1 aliphatic carbocycles. The lowest BCUT2D eigenvalue weighted by Crippen LogP contribution is -2.21. The van der Waals surface area contributed by atoms with E-state index in [9.17, 15) is 9.90 Å². The summed E-state index contributed by atoms with van der Waals surface area (Å²) in [6.45, 7) is 0. The van der Waals surface area contributed by atoms with Crippen LogP contribution in [0.25, 0.3) is 0 Å². The molecular weight excluding hydrogens is 451 g/mol. The monoisotopic (exact) mass is 474 g/mol. The Kier molecular flexibility index (Phi) is 8.29. The van der Waals surface area contributed by atoms with Gasteiger partial charge in [0.05, 0.1) is 6.10 Å². The first-order valence-corrected chi connectivity index (χ1v) is 11.9. The summed E-state index contributed by atoms with van der Waals surface area (Å²) in [4.78, 5) is 12.5. The molecule has 2 aromatic rings. The number of alkyl halides is 1. The molecule has 0 spiro atoms. The van der Waals surface area contributed by atoms with E-state index in [-0.39, 0.29) is 23.3 Å². The van der Waals surface area contributed by atoms with Gasteiger partial charge in [-0.25, -0.2) is 4.79 Å². The van der Waals surface area contributed by atoms with Crippen LogP contribution in [0.2, 0.25) is 10.0 Å². The summed E-state index contributed by atoms with van der Waals surface area (Å²) in [6.07, 6.45) is 5.76. The Morgan fingerprint density at radius 1 is 1.03 bits per heavy atom. The van der Waals surface area contributed by atoms with Gasteiger partial charge in [0.25, 0.3) is 0 Å². The van der Waals surface area contributed by atoms with Crippen LogP contribution in [0, 0.1) is 11.8 Å². The zero-order chi connectivity index (χ0) is 21.0. The molecule has 0 amide bonds. The van der Waals surface area contributed by atoms with Crippen molar-refractivity contribution in [3.05, 3.63) is 55.7 Å². The predicted molar refractivity (Wildman–Crippen MR) is 121 cm³/mol. The van der Waals surface area contributed by atoms with Crippen LogP contribution in [0.3, 0.4) is 0 Å². The van der Waals surface area contributed by atoms with Crippen molar-refractivity contribution in [3.8, 4) is 0 Å². The normalized spacial score (nSPS) is 24.1. The van der Waals surface area contributed by atoms with Crippen molar-refractivity contribution in [2.24, 2.45) is 11.8 Å². The summed E-state index contributed by atoms with van der Waals surface area (Å²) >= 11 is 20.0. The highest BCUT2D eigenvalue weighted by atomic mass is 35.5. The highest BCUT2D eigenvalue weighted by Crippen LogP contribution is 2.42. The first-order valence-electron chi connectivity index (χ1n) is 9.92. The number of rotatable bonds is 9. The van der Waals surface area contributed by atoms with Crippen LogP contribution in [-0.4, -0.2) is 27.7 Å². The largest absolute Gasteiger partial charge is 0.477 e. The van der Waals surface area contributed by atoms with E-state index in [1.807, 2.05) is 18.2 Å². The van der Waals surface area contributed by atoms with E-state index >= 15 is 0 Å². The first-order chi connectivity index (χ1) is 13.8. The van der Waals surface area contributed by atoms with E-state index in [1.54, 1.807) is 12.1 Å². The Morgan fingerprint density at radius 3 is 2.34 bits per heavy atom. The van der Waals surface area contributed by atoms with Crippen LogP contribution in [0.5, 0.6) is 0 Å². The van der Waals surface area contributed by atoms with E-state index in [1.165, 1.54) is 11.3 Å². The Bertz CT molecular complexity index is 818.